The SMILES string of the molecule is CCCCOC1(c2ccc(F)cc2)CN(C(=O)[C@H](Cc2ccc(F)cc2)C(Cc2cnc[nH]2)C(N)=O)C1. The second kappa shape index (κ2) is 11.6. The van der Waals surface area contributed by atoms with E-state index in [1.807, 2.05) is 0 Å². The molecule has 37 heavy (non-hydrogen) atoms. The molecule has 0 saturated carbocycles. The number of unbranched alkanes of at least 4 members (excludes halogenated alkanes) is 1. The molecule has 1 unspecified atom stereocenters. The molecule has 0 aliphatic carbocycles. The number of nitrogens with two attached hydrogens (primary N) is 1. The van der Waals surface area contributed by atoms with Gasteiger partial charge in [0.2, 0.25) is 11.8 Å². The van der Waals surface area contributed by atoms with Gasteiger partial charge in [-0.3, -0.25) is 9.59 Å². The number of ether oxygens (including phenoxy) is 1. The highest BCUT2D eigenvalue weighted by Crippen LogP contribution is 2.38. The van der Waals surface area contributed by atoms with Crippen LogP contribution >= 0.6 is 0 Å². The third-order valence-electron chi connectivity index (χ3n) is 6.98. The van der Waals surface area contributed by atoms with E-state index in [9.17, 15) is 18.4 Å². The largest absolute Gasteiger partial charge is 0.369 e. The minimum Gasteiger partial charge on any atom is -0.369 e. The van der Waals surface area contributed by atoms with Gasteiger partial charge in [-0.25, -0.2) is 13.8 Å². The van der Waals surface area contributed by atoms with E-state index in [1.165, 1.54) is 30.6 Å². The van der Waals surface area contributed by atoms with Crippen LogP contribution in [-0.4, -0.2) is 46.4 Å². The molecule has 9 heteroatoms. The highest BCUT2D eigenvalue weighted by atomic mass is 19.1. The van der Waals surface area contributed by atoms with Crippen LogP contribution in [0.5, 0.6) is 0 Å². The lowest BCUT2D eigenvalue weighted by Crippen LogP contribution is -2.64. The van der Waals surface area contributed by atoms with E-state index in [1.54, 1.807) is 35.4 Å². The van der Waals surface area contributed by atoms with E-state index >= 15 is 0 Å². The van der Waals surface area contributed by atoms with Crippen molar-refractivity contribution in [1.29, 1.82) is 0 Å². The first kappa shape index (κ1) is 26.5. The number of hydrogen-bond acceptors (Lipinski definition) is 4. The number of rotatable bonds is 12. The fourth-order valence-corrected chi connectivity index (χ4v) is 4.83. The number of halogens is 2. The first-order chi connectivity index (χ1) is 17.8. The van der Waals surface area contributed by atoms with Crippen LogP contribution < -0.4 is 5.73 Å². The molecule has 0 spiro atoms. The maximum Gasteiger partial charge on any atom is 0.227 e. The van der Waals surface area contributed by atoms with Gasteiger partial charge in [0.15, 0.2) is 0 Å². The average Bonchev–Trinajstić information content (AvgIpc) is 3.37. The normalized spacial score (nSPS) is 16.1. The fraction of sp³-hybridized carbons (Fsp3) is 0.393. The monoisotopic (exact) mass is 510 g/mol. The van der Waals surface area contributed by atoms with Crippen LogP contribution in [0.15, 0.2) is 61.1 Å². The molecule has 1 fully saturated rings. The van der Waals surface area contributed by atoms with Gasteiger partial charge in [-0.2, -0.15) is 0 Å². The predicted octanol–water partition coefficient (Wildman–Crippen LogP) is 3.75. The van der Waals surface area contributed by atoms with Gasteiger partial charge in [-0.1, -0.05) is 37.6 Å². The molecule has 2 heterocycles. The van der Waals surface area contributed by atoms with Crippen molar-refractivity contribution in [2.75, 3.05) is 19.7 Å². The second-order valence-corrected chi connectivity index (χ2v) is 9.62. The Hall–Kier alpha value is -3.59. The number of amides is 2. The van der Waals surface area contributed by atoms with E-state index in [0.29, 0.717) is 12.3 Å². The van der Waals surface area contributed by atoms with Crippen LogP contribution in [0.3, 0.4) is 0 Å². The van der Waals surface area contributed by atoms with Gasteiger partial charge in [0.1, 0.15) is 17.2 Å². The number of aromatic nitrogens is 2. The molecule has 1 saturated heterocycles. The molecule has 2 amide bonds. The summed E-state index contributed by atoms with van der Waals surface area (Å²) in [5.41, 5.74) is 7.27. The highest BCUT2D eigenvalue weighted by molar-refractivity contribution is 5.88. The van der Waals surface area contributed by atoms with Crippen LogP contribution in [0.2, 0.25) is 0 Å². The standard InChI is InChI=1S/C28H32F2N4O3/c1-2-3-12-37-28(20-6-10-22(30)11-7-20)16-34(17-28)27(36)25(13-19-4-8-21(29)9-5-19)24(26(31)35)14-23-15-32-18-33-23/h4-11,15,18,24-25H,2-3,12-14,16-17H2,1H3,(H2,31,35)(H,32,33)/t24?,25-/m1/s1. The number of H-pyrrole nitrogens is 1. The van der Waals surface area contributed by atoms with Crippen molar-refractivity contribution in [2.24, 2.45) is 17.6 Å². The summed E-state index contributed by atoms with van der Waals surface area (Å²) in [5.74, 6) is -3.13. The van der Waals surface area contributed by atoms with Crippen LogP contribution in [0.1, 0.15) is 36.6 Å². The van der Waals surface area contributed by atoms with E-state index in [4.69, 9.17) is 10.5 Å². The van der Waals surface area contributed by atoms with Gasteiger partial charge in [0.25, 0.3) is 0 Å². The van der Waals surface area contributed by atoms with E-state index < -0.39 is 23.3 Å². The number of nitrogens with zero attached hydrogens (tertiary/aromatic N) is 2. The summed E-state index contributed by atoms with van der Waals surface area (Å²) in [6.07, 6.45) is 5.35. The Morgan fingerprint density at radius 3 is 2.27 bits per heavy atom. The number of hydrogen-bond donors (Lipinski definition) is 2. The molecule has 0 radical (unpaired) electrons. The molecule has 3 aromatic rings. The number of benzene rings is 2. The number of imidazole rings is 1. The third-order valence-corrected chi connectivity index (χ3v) is 6.98. The second-order valence-electron chi connectivity index (χ2n) is 9.62. The topological polar surface area (TPSA) is 101 Å². The van der Waals surface area contributed by atoms with Gasteiger partial charge in [0.05, 0.1) is 31.3 Å². The van der Waals surface area contributed by atoms with Gasteiger partial charge in [-0.15, -0.1) is 0 Å². The maximum atomic E-state index is 13.9. The summed E-state index contributed by atoms with van der Waals surface area (Å²) in [7, 11) is 0. The maximum absolute atomic E-state index is 13.9. The molecule has 7 nitrogen and oxygen atoms in total. The van der Waals surface area contributed by atoms with Gasteiger partial charge >= 0.3 is 0 Å². The van der Waals surface area contributed by atoms with Crippen molar-refractivity contribution in [3.8, 4) is 0 Å². The third kappa shape index (κ3) is 6.22. The van der Waals surface area contributed by atoms with Crippen LogP contribution in [0, 0.1) is 23.5 Å². The van der Waals surface area contributed by atoms with Gasteiger partial charge in [-0.05, 0) is 48.2 Å². The number of carbonyl (C=O) groups excluding carboxylic acids is 2. The zero-order valence-corrected chi connectivity index (χ0v) is 20.8. The first-order valence-corrected chi connectivity index (χ1v) is 12.5. The van der Waals surface area contributed by atoms with Gasteiger partial charge < -0.3 is 20.4 Å². The summed E-state index contributed by atoms with van der Waals surface area (Å²) in [4.78, 5) is 35.1. The Bertz CT molecular complexity index is 1180. The Labute approximate surface area is 215 Å². The molecular weight excluding hydrogens is 478 g/mol. The van der Waals surface area contributed by atoms with Crippen LogP contribution in [0.4, 0.5) is 8.78 Å². The summed E-state index contributed by atoms with van der Waals surface area (Å²) < 4.78 is 33.4. The molecule has 2 atom stereocenters. The van der Waals surface area contributed by atoms with Crippen molar-refractivity contribution >= 4 is 11.8 Å². The Morgan fingerprint density at radius 1 is 1.05 bits per heavy atom. The lowest BCUT2D eigenvalue weighted by molar-refractivity contribution is -0.178. The van der Waals surface area contributed by atoms with Crippen LogP contribution in [-0.2, 0) is 32.8 Å². The smallest absolute Gasteiger partial charge is 0.227 e. The lowest BCUT2D eigenvalue weighted by atomic mass is 9.79. The Balaban J connectivity index is 1.59. The molecule has 4 rings (SSSR count). The predicted molar refractivity (Wildman–Crippen MR) is 134 cm³/mol. The van der Waals surface area contributed by atoms with E-state index in [0.717, 1.165) is 24.0 Å². The van der Waals surface area contributed by atoms with Gasteiger partial charge in [0, 0.05) is 24.9 Å². The highest BCUT2D eigenvalue weighted by Gasteiger charge is 2.50. The van der Waals surface area contributed by atoms with Crippen molar-refractivity contribution in [3.05, 3.63) is 89.5 Å². The molecule has 0 bridgehead atoms. The first-order valence-electron chi connectivity index (χ1n) is 12.5. The quantitative estimate of drug-likeness (QED) is 0.363. The number of aromatic amines is 1. The Kier molecular flexibility index (Phi) is 8.33. The molecule has 1 aliphatic rings. The lowest BCUT2D eigenvalue weighted by Gasteiger charge is -2.51. The molecule has 2 aromatic carbocycles. The zero-order chi connectivity index (χ0) is 26.4. The number of nitrogens with one attached hydrogen (secondary N) is 1. The number of primary amides is 1. The van der Waals surface area contributed by atoms with E-state index in [-0.39, 0.29) is 43.5 Å². The van der Waals surface area contributed by atoms with Crippen molar-refractivity contribution < 1.29 is 23.1 Å². The van der Waals surface area contributed by atoms with Crippen molar-refractivity contribution in [2.45, 2.75) is 38.2 Å². The minimum atomic E-state index is -0.806. The van der Waals surface area contributed by atoms with E-state index in [2.05, 4.69) is 16.9 Å². The summed E-state index contributed by atoms with van der Waals surface area (Å²) in [6.45, 7) is 3.13. The molecule has 1 aliphatic heterocycles. The summed E-state index contributed by atoms with van der Waals surface area (Å²) in [5, 5.41) is 0. The molecule has 1 aromatic heterocycles. The average molecular weight is 511 g/mol. The zero-order valence-electron chi connectivity index (χ0n) is 20.8. The summed E-state index contributed by atoms with van der Waals surface area (Å²) in [6, 6.07) is 12.0. The fourth-order valence-electron chi connectivity index (χ4n) is 4.83. The Morgan fingerprint density at radius 2 is 1.70 bits per heavy atom. The van der Waals surface area contributed by atoms with Crippen LogP contribution in [0.25, 0.3) is 0 Å². The van der Waals surface area contributed by atoms with Crippen molar-refractivity contribution in [1.82, 2.24) is 14.9 Å². The molecule has 3 N–H and O–H groups in total. The number of carbonyl (C=O) groups is 2. The molecular formula is C28H32F2N4O3. The molecule has 196 valence electrons. The van der Waals surface area contributed by atoms with Crippen molar-refractivity contribution in [3.63, 3.8) is 0 Å². The minimum absolute atomic E-state index is 0.219. The number of likely N-dealkylation sites (tertiary alicyclic amines) is 1. The summed E-state index contributed by atoms with van der Waals surface area (Å²) >= 11 is 0.